The van der Waals surface area contributed by atoms with Crippen molar-refractivity contribution in [1.82, 2.24) is 5.32 Å². The minimum atomic E-state index is -1.28. The lowest BCUT2D eigenvalue weighted by Crippen LogP contribution is -2.41. The molecule has 0 radical (unpaired) electrons. The van der Waals surface area contributed by atoms with Gasteiger partial charge in [0.1, 0.15) is 17.1 Å². The molecule has 0 aromatic heterocycles. The number of hydrogen-bond donors (Lipinski definition) is 2. The summed E-state index contributed by atoms with van der Waals surface area (Å²) < 4.78 is 16.7. The summed E-state index contributed by atoms with van der Waals surface area (Å²) in [6.45, 7) is 1.88. The van der Waals surface area contributed by atoms with Crippen molar-refractivity contribution in [1.29, 1.82) is 0 Å². The molecule has 1 atom stereocenters. The van der Waals surface area contributed by atoms with Crippen LogP contribution >= 0.6 is 0 Å². The Balaban J connectivity index is 1.39. The number of carbonyl (C=O) groups excluding carboxylic acids is 1. The SMILES string of the molecule is CC(O)(CNC(=O)C1c2ccccc2Oc2ccccc21)c1ccc2c(c1)OCO2. The molecule has 6 heteroatoms. The molecule has 1 amide bonds. The first-order valence-electron chi connectivity index (χ1n) is 9.79. The lowest BCUT2D eigenvalue weighted by Gasteiger charge is -2.29. The van der Waals surface area contributed by atoms with Gasteiger partial charge in [-0.15, -0.1) is 0 Å². The molecule has 0 saturated carbocycles. The molecule has 2 heterocycles. The van der Waals surface area contributed by atoms with E-state index >= 15 is 0 Å². The molecule has 2 N–H and O–H groups in total. The van der Waals surface area contributed by atoms with Crippen molar-refractivity contribution in [3.63, 3.8) is 0 Å². The fourth-order valence-electron chi connectivity index (χ4n) is 3.89. The van der Waals surface area contributed by atoms with Crippen molar-refractivity contribution in [2.45, 2.75) is 18.4 Å². The molecule has 1 unspecified atom stereocenters. The van der Waals surface area contributed by atoms with Gasteiger partial charge in [0.05, 0.1) is 12.5 Å². The minimum absolute atomic E-state index is 0.0488. The second kappa shape index (κ2) is 7.07. The number of para-hydroxylation sites is 2. The van der Waals surface area contributed by atoms with Crippen LogP contribution < -0.4 is 19.5 Å². The Morgan fingerprint density at radius 3 is 2.30 bits per heavy atom. The molecule has 30 heavy (non-hydrogen) atoms. The highest BCUT2D eigenvalue weighted by molar-refractivity contribution is 5.89. The summed E-state index contributed by atoms with van der Waals surface area (Å²) in [7, 11) is 0. The Hall–Kier alpha value is -3.51. The van der Waals surface area contributed by atoms with Crippen LogP contribution in [0.5, 0.6) is 23.0 Å². The second-order valence-electron chi connectivity index (χ2n) is 7.67. The molecule has 0 fully saturated rings. The van der Waals surface area contributed by atoms with E-state index in [1.54, 1.807) is 25.1 Å². The summed E-state index contributed by atoms with van der Waals surface area (Å²) in [5, 5.41) is 13.9. The van der Waals surface area contributed by atoms with Crippen LogP contribution in [0.1, 0.15) is 29.5 Å². The van der Waals surface area contributed by atoms with Crippen LogP contribution in [0.25, 0.3) is 0 Å². The number of aliphatic hydroxyl groups is 1. The maximum Gasteiger partial charge on any atom is 0.232 e. The van der Waals surface area contributed by atoms with E-state index < -0.39 is 11.5 Å². The smallest absolute Gasteiger partial charge is 0.232 e. The standard InChI is InChI=1S/C24H21NO5/c1-24(27,15-10-11-20-21(12-15)29-14-28-20)13-25-23(26)22-16-6-2-4-8-18(16)30-19-9-5-3-7-17(19)22/h2-12,22,27H,13-14H2,1H3,(H,25,26). The Bertz CT molecular complexity index is 1080. The summed E-state index contributed by atoms with van der Waals surface area (Å²) in [5.41, 5.74) is 0.966. The van der Waals surface area contributed by atoms with E-state index in [2.05, 4.69) is 5.32 Å². The monoisotopic (exact) mass is 403 g/mol. The van der Waals surface area contributed by atoms with E-state index in [1.165, 1.54) is 0 Å². The summed E-state index contributed by atoms with van der Waals surface area (Å²) in [6.07, 6.45) is 0. The molecule has 5 rings (SSSR count). The maximum absolute atomic E-state index is 13.3. The van der Waals surface area contributed by atoms with Gasteiger partial charge >= 0.3 is 0 Å². The second-order valence-corrected chi connectivity index (χ2v) is 7.67. The molecule has 3 aromatic rings. The first kappa shape index (κ1) is 18.5. The van der Waals surface area contributed by atoms with Crippen molar-refractivity contribution >= 4 is 5.91 Å². The van der Waals surface area contributed by atoms with Gasteiger partial charge in [-0.05, 0) is 36.8 Å². The zero-order chi connectivity index (χ0) is 20.7. The number of ether oxygens (including phenoxy) is 3. The van der Waals surface area contributed by atoms with Crippen LogP contribution in [-0.2, 0) is 10.4 Å². The van der Waals surface area contributed by atoms with E-state index in [4.69, 9.17) is 14.2 Å². The fraction of sp³-hybridized carbons (Fsp3) is 0.208. The van der Waals surface area contributed by atoms with Crippen LogP contribution in [0, 0.1) is 0 Å². The van der Waals surface area contributed by atoms with E-state index in [9.17, 15) is 9.90 Å². The van der Waals surface area contributed by atoms with Gasteiger partial charge < -0.3 is 24.6 Å². The number of nitrogens with one attached hydrogen (secondary N) is 1. The van der Waals surface area contributed by atoms with E-state index in [-0.39, 0.29) is 19.2 Å². The molecule has 0 saturated heterocycles. The van der Waals surface area contributed by atoms with Crippen molar-refractivity contribution in [3.8, 4) is 23.0 Å². The van der Waals surface area contributed by atoms with Crippen molar-refractivity contribution in [2.24, 2.45) is 0 Å². The molecule has 2 aliphatic rings. The molecule has 2 aliphatic heterocycles. The van der Waals surface area contributed by atoms with Gasteiger partial charge in [0, 0.05) is 11.1 Å². The van der Waals surface area contributed by atoms with Crippen LogP contribution in [0.3, 0.4) is 0 Å². The molecule has 0 aliphatic carbocycles. The van der Waals surface area contributed by atoms with Crippen LogP contribution in [0.2, 0.25) is 0 Å². The van der Waals surface area contributed by atoms with Gasteiger partial charge in [0.25, 0.3) is 0 Å². The highest BCUT2D eigenvalue weighted by atomic mass is 16.7. The summed E-state index contributed by atoms with van der Waals surface area (Å²) in [4.78, 5) is 13.3. The van der Waals surface area contributed by atoms with Crippen molar-refractivity contribution in [3.05, 3.63) is 83.4 Å². The van der Waals surface area contributed by atoms with Gasteiger partial charge in [-0.25, -0.2) is 0 Å². The number of amides is 1. The number of hydrogen-bond acceptors (Lipinski definition) is 5. The zero-order valence-electron chi connectivity index (χ0n) is 16.4. The predicted molar refractivity (Wildman–Crippen MR) is 110 cm³/mol. The minimum Gasteiger partial charge on any atom is -0.457 e. The lowest BCUT2D eigenvalue weighted by atomic mass is 9.87. The highest BCUT2D eigenvalue weighted by Crippen LogP contribution is 2.44. The summed E-state index contributed by atoms with van der Waals surface area (Å²) in [5.74, 6) is 1.86. The average molecular weight is 403 g/mol. The normalized spacial score (nSPS) is 16.1. The summed E-state index contributed by atoms with van der Waals surface area (Å²) in [6, 6.07) is 20.3. The third-order valence-electron chi connectivity index (χ3n) is 5.54. The molecule has 6 nitrogen and oxygen atoms in total. The van der Waals surface area contributed by atoms with E-state index in [0.29, 0.717) is 28.6 Å². The van der Waals surface area contributed by atoms with Gasteiger partial charge in [-0.3, -0.25) is 4.79 Å². The third-order valence-corrected chi connectivity index (χ3v) is 5.54. The quantitative estimate of drug-likeness (QED) is 0.695. The topological polar surface area (TPSA) is 77.0 Å². The largest absolute Gasteiger partial charge is 0.457 e. The Labute approximate surface area is 174 Å². The van der Waals surface area contributed by atoms with Crippen LogP contribution in [-0.4, -0.2) is 24.4 Å². The zero-order valence-corrected chi connectivity index (χ0v) is 16.4. The van der Waals surface area contributed by atoms with Crippen LogP contribution in [0.4, 0.5) is 0 Å². The number of fused-ring (bicyclic) bond motifs is 3. The predicted octanol–water partition coefficient (Wildman–Crippen LogP) is 3.68. The molecule has 0 bridgehead atoms. The van der Waals surface area contributed by atoms with Crippen LogP contribution in [0.15, 0.2) is 66.7 Å². The third kappa shape index (κ3) is 3.15. The van der Waals surface area contributed by atoms with E-state index in [1.807, 2.05) is 48.5 Å². The lowest BCUT2D eigenvalue weighted by molar-refractivity contribution is -0.123. The fourth-order valence-corrected chi connectivity index (χ4v) is 3.89. The summed E-state index contributed by atoms with van der Waals surface area (Å²) >= 11 is 0. The van der Waals surface area contributed by atoms with E-state index in [0.717, 1.165) is 11.1 Å². The number of carbonyl (C=O) groups is 1. The van der Waals surface area contributed by atoms with Crippen molar-refractivity contribution < 1.29 is 24.1 Å². The maximum atomic E-state index is 13.3. The Kier molecular flexibility index (Phi) is 4.37. The Morgan fingerprint density at radius 1 is 0.967 bits per heavy atom. The van der Waals surface area contributed by atoms with Gasteiger partial charge in [0.2, 0.25) is 12.7 Å². The molecule has 0 spiro atoms. The molecular weight excluding hydrogens is 382 g/mol. The highest BCUT2D eigenvalue weighted by Gasteiger charge is 2.34. The molecule has 152 valence electrons. The average Bonchev–Trinajstić information content (AvgIpc) is 3.24. The first-order chi connectivity index (χ1) is 14.5. The molecule has 3 aromatic carbocycles. The molecular formula is C24H21NO5. The van der Waals surface area contributed by atoms with Gasteiger partial charge in [-0.1, -0.05) is 42.5 Å². The number of rotatable bonds is 4. The van der Waals surface area contributed by atoms with Gasteiger partial charge in [0.15, 0.2) is 11.5 Å². The Morgan fingerprint density at radius 2 is 1.60 bits per heavy atom. The van der Waals surface area contributed by atoms with Crippen molar-refractivity contribution in [2.75, 3.05) is 13.3 Å². The first-order valence-corrected chi connectivity index (χ1v) is 9.79. The number of benzene rings is 3. The van der Waals surface area contributed by atoms with Gasteiger partial charge in [-0.2, -0.15) is 0 Å².